The molecule has 0 aliphatic carbocycles. The minimum absolute atomic E-state index is 0.445. The molecule has 0 radical (unpaired) electrons. The van der Waals surface area contributed by atoms with Crippen molar-refractivity contribution in [3.8, 4) is 0 Å². The van der Waals surface area contributed by atoms with E-state index in [2.05, 4.69) is 51.8 Å². The lowest BCUT2D eigenvalue weighted by Crippen LogP contribution is -2.46. The van der Waals surface area contributed by atoms with Crippen molar-refractivity contribution in [3.05, 3.63) is 33.4 Å². The van der Waals surface area contributed by atoms with E-state index < -0.39 is 0 Å². The van der Waals surface area contributed by atoms with Crippen molar-refractivity contribution in [1.82, 2.24) is 4.90 Å². The summed E-state index contributed by atoms with van der Waals surface area (Å²) in [6.45, 7) is 1.11. The van der Waals surface area contributed by atoms with E-state index in [-0.39, 0.29) is 0 Å². The van der Waals surface area contributed by atoms with Gasteiger partial charge in [-0.25, -0.2) is 0 Å². The van der Waals surface area contributed by atoms with Crippen LogP contribution < -0.4 is 5.73 Å². The fourth-order valence-electron chi connectivity index (χ4n) is 3.38. The zero-order chi connectivity index (χ0) is 11.8. The summed E-state index contributed by atoms with van der Waals surface area (Å²) in [6.07, 6.45) is 5.09. The SMILES string of the molecule is NC1CC2CCC(C1)N2Cc1ccc(I)cc1. The van der Waals surface area contributed by atoms with Crippen LogP contribution in [0.1, 0.15) is 31.2 Å². The minimum Gasteiger partial charge on any atom is -0.328 e. The molecule has 0 aromatic heterocycles. The minimum atomic E-state index is 0.445. The van der Waals surface area contributed by atoms with Crippen LogP contribution in [-0.2, 0) is 6.54 Å². The Labute approximate surface area is 117 Å². The number of piperidine rings is 1. The molecule has 2 fully saturated rings. The Balaban J connectivity index is 1.72. The Kier molecular flexibility index (Phi) is 3.41. The molecule has 0 spiro atoms. The lowest BCUT2D eigenvalue weighted by atomic mass is 9.97. The smallest absolute Gasteiger partial charge is 0.0239 e. The van der Waals surface area contributed by atoms with E-state index in [0.29, 0.717) is 6.04 Å². The molecule has 2 saturated heterocycles. The summed E-state index contributed by atoms with van der Waals surface area (Å²) in [5.74, 6) is 0. The van der Waals surface area contributed by atoms with Gasteiger partial charge in [0.25, 0.3) is 0 Å². The van der Waals surface area contributed by atoms with Crippen LogP contribution in [0.15, 0.2) is 24.3 Å². The van der Waals surface area contributed by atoms with Crippen LogP contribution in [0.5, 0.6) is 0 Å². The van der Waals surface area contributed by atoms with E-state index >= 15 is 0 Å². The Morgan fingerprint density at radius 1 is 1.12 bits per heavy atom. The molecular formula is C14H19IN2. The van der Waals surface area contributed by atoms with Gasteiger partial charge in [0.2, 0.25) is 0 Å². The summed E-state index contributed by atoms with van der Waals surface area (Å²) in [5, 5.41) is 0. The molecule has 92 valence electrons. The van der Waals surface area contributed by atoms with Crippen molar-refractivity contribution >= 4 is 22.6 Å². The predicted octanol–water partition coefficient (Wildman–Crippen LogP) is 2.75. The van der Waals surface area contributed by atoms with Gasteiger partial charge in [-0.05, 0) is 66.0 Å². The maximum Gasteiger partial charge on any atom is 0.0239 e. The van der Waals surface area contributed by atoms with Gasteiger partial charge >= 0.3 is 0 Å². The third-order valence-electron chi connectivity index (χ3n) is 4.20. The zero-order valence-corrected chi connectivity index (χ0v) is 12.1. The number of benzene rings is 1. The van der Waals surface area contributed by atoms with Crippen molar-refractivity contribution in [3.63, 3.8) is 0 Å². The molecule has 2 aliphatic heterocycles. The van der Waals surface area contributed by atoms with Crippen LogP contribution in [0.3, 0.4) is 0 Å². The molecule has 2 bridgehead atoms. The molecule has 2 unspecified atom stereocenters. The Morgan fingerprint density at radius 2 is 1.71 bits per heavy atom. The standard InChI is InChI=1S/C14H19IN2/c15-11-3-1-10(2-4-11)9-17-13-5-6-14(17)8-12(16)7-13/h1-4,12-14H,5-9,16H2. The summed E-state index contributed by atoms with van der Waals surface area (Å²) in [7, 11) is 0. The topological polar surface area (TPSA) is 29.3 Å². The van der Waals surface area contributed by atoms with E-state index in [9.17, 15) is 0 Å². The average molecular weight is 342 g/mol. The Morgan fingerprint density at radius 3 is 2.29 bits per heavy atom. The normalized spacial score (nSPS) is 32.9. The fraction of sp³-hybridized carbons (Fsp3) is 0.571. The molecule has 2 nitrogen and oxygen atoms in total. The number of nitrogens with zero attached hydrogens (tertiary/aromatic N) is 1. The third-order valence-corrected chi connectivity index (χ3v) is 4.92. The maximum atomic E-state index is 6.10. The molecule has 1 aromatic rings. The highest BCUT2D eigenvalue weighted by molar-refractivity contribution is 14.1. The van der Waals surface area contributed by atoms with Gasteiger partial charge in [0, 0.05) is 28.2 Å². The Bertz CT molecular complexity index is 376. The molecular weight excluding hydrogens is 323 g/mol. The highest BCUT2D eigenvalue weighted by Crippen LogP contribution is 2.36. The Hall–Kier alpha value is -0.130. The second-order valence-electron chi connectivity index (χ2n) is 5.42. The molecule has 3 rings (SSSR count). The van der Waals surface area contributed by atoms with Crippen LogP contribution in [0.2, 0.25) is 0 Å². The molecule has 2 heterocycles. The fourth-order valence-corrected chi connectivity index (χ4v) is 3.73. The monoisotopic (exact) mass is 342 g/mol. The summed E-state index contributed by atoms with van der Waals surface area (Å²) < 4.78 is 1.31. The van der Waals surface area contributed by atoms with Gasteiger partial charge in [-0.3, -0.25) is 4.90 Å². The summed E-state index contributed by atoms with van der Waals surface area (Å²) in [4.78, 5) is 2.69. The highest BCUT2D eigenvalue weighted by atomic mass is 127. The van der Waals surface area contributed by atoms with Crippen molar-refractivity contribution in [1.29, 1.82) is 0 Å². The van der Waals surface area contributed by atoms with Crippen molar-refractivity contribution < 1.29 is 0 Å². The van der Waals surface area contributed by atoms with E-state index in [1.54, 1.807) is 0 Å². The third kappa shape index (κ3) is 2.51. The van der Waals surface area contributed by atoms with Crippen molar-refractivity contribution in [2.75, 3.05) is 0 Å². The van der Waals surface area contributed by atoms with Crippen LogP contribution in [0.4, 0.5) is 0 Å². The van der Waals surface area contributed by atoms with Gasteiger partial charge in [-0.2, -0.15) is 0 Å². The predicted molar refractivity (Wildman–Crippen MR) is 78.7 cm³/mol. The van der Waals surface area contributed by atoms with Gasteiger partial charge in [-0.1, -0.05) is 12.1 Å². The van der Waals surface area contributed by atoms with Gasteiger partial charge < -0.3 is 5.73 Å². The highest BCUT2D eigenvalue weighted by Gasteiger charge is 2.39. The quantitative estimate of drug-likeness (QED) is 0.838. The van der Waals surface area contributed by atoms with Crippen LogP contribution >= 0.6 is 22.6 Å². The second kappa shape index (κ2) is 4.86. The van der Waals surface area contributed by atoms with Crippen LogP contribution in [-0.4, -0.2) is 23.0 Å². The number of hydrogen-bond donors (Lipinski definition) is 1. The van der Waals surface area contributed by atoms with Gasteiger partial charge in [-0.15, -0.1) is 0 Å². The lowest BCUT2D eigenvalue weighted by molar-refractivity contribution is 0.120. The molecule has 17 heavy (non-hydrogen) atoms. The van der Waals surface area contributed by atoms with E-state index in [4.69, 9.17) is 5.73 Å². The van der Waals surface area contributed by atoms with Gasteiger partial charge in [0.1, 0.15) is 0 Å². The number of hydrogen-bond acceptors (Lipinski definition) is 2. The second-order valence-corrected chi connectivity index (χ2v) is 6.66. The average Bonchev–Trinajstić information content (AvgIpc) is 2.56. The molecule has 0 saturated carbocycles. The largest absolute Gasteiger partial charge is 0.328 e. The number of halogens is 1. The molecule has 3 heteroatoms. The first kappa shape index (κ1) is 11.9. The summed E-state index contributed by atoms with van der Waals surface area (Å²) >= 11 is 2.36. The lowest BCUT2D eigenvalue weighted by Gasteiger charge is -2.37. The van der Waals surface area contributed by atoms with E-state index in [0.717, 1.165) is 18.6 Å². The molecule has 2 atom stereocenters. The van der Waals surface area contributed by atoms with E-state index in [1.807, 2.05) is 0 Å². The summed E-state index contributed by atoms with van der Waals surface area (Å²) in [6, 6.07) is 10.8. The number of nitrogens with two attached hydrogens (primary N) is 1. The molecule has 0 amide bonds. The van der Waals surface area contributed by atoms with Crippen molar-refractivity contribution in [2.24, 2.45) is 5.73 Å². The maximum absolute atomic E-state index is 6.10. The number of rotatable bonds is 2. The van der Waals surface area contributed by atoms with Gasteiger partial charge in [0.15, 0.2) is 0 Å². The van der Waals surface area contributed by atoms with Crippen LogP contribution in [0, 0.1) is 3.57 Å². The van der Waals surface area contributed by atoms with E-state index in [1.165, 1.54) is 34.8 Å². The first-order valence-corrected chi connectivity index (χ1v) is 7.56. The zero-order valence-electron chi connectivity index (χ0n) is 9.98. The first-order valence-electron chi connectivity index (χ1n) is 6.48. The first-order chi connectivity index (χ1) is 8.22. The van der Waals surface area contributed by atoms with Gasteiger partial charge in [0.05, 0.1) is 0 Å². The summed E-state index contributed by atoms with van der Waals surface area (Å²) in [5.41, 5.74) is 7.55. The molecule has 1 aromatic carbocycles. The number of fused-ring (bicyclic) bond motifs is 2. The molecule has 2 N–H and O–H groups in total. The van der Waals surface area contributed by atoms with Crippen molar-refractivity contribution in [2.45, 2.75) is 50.4 Å². The van der Waals surface area contributed by atoms with Crippen LogP contribution in [0.25, 0.3) is 0 Å². The molecule has 2 aliphatic rings.